The highest BCUT2D eigenvalue weighted by molar-refractivity contribution is 5.84. The van der Waals surface area contributed by atoms with Crippen molar-refractivity contribution < 1.29 is 14.3 Å². The molecule has 3 heterocycles. The van der Waals surface area contributed by atoms with Gasteiger partial charge in [0.05, 0.1) is 6.54 Å². The minimum absolute atomic E-state index is 0.0643. The van der Waals surface area contributed by atoms with Gasteiger partial charge in [-0.15, -0.1) is 0 Å². The topological polar surface area (TPSA) is 81.2 Å². The summed E-state index contributed by atoms with van der Waals surface area (Å²) in [5.41, 5.74) is 2.49. The van der Waals surface area contributed by atoms with Gasteiger partial charge in [-0.05, 0) is 30.7 Å². The molecule has 3 aromatic rings. The average molecular weight is 313 g/mol. The van der Waals surface area contributed by atoms with Gasteiger partial charge in [0.15, 0.2) is 5.65 Å². The monoisotopic (exact) mass is 313 g/mol. The van der Waals surface area contributed by atoms with Crippen molar-refractivity contribution in [3.8, 4) is 0 Å². The lowest BCUT2D eigenvalue weighted by Gasteiger charge is -2.19. The Labute approximate surface area is 133 Å². The summed E-state index contributed by atoms with van der Waals surface area (Å²) in [7, 11) is 0. The number of fused-ring (bicyclic) bond motifs is 1. The van der Waals surface area contributed by atoms with Crippen molar-refractivity contribution in [2.24, 2.45) is 0 Å². The number of aromatic nitrogens is 3. The molecule has 3 aromatic heterocycles. The molecule has 0 spiro atoms. The van der Waals surface area contributed by atoms with Crippen LogP contribution in [0.1, 0.15) is 48.5 Å². The van der Waals surface area contributed by atoms with Gasteiger partial charge in [0.2, 0.25) is 5.76 Å². The number of rotatable bonds is 3. The lowest BCUT2D eigenvalue weighted by atomic mass is 9.95. The number of aryl methyl sites for hydroxylation is 1. The maximum Gasteiger partial charge on any atom is 0.371 e. The second-order valence-corrected chi connectivity index (χ2v) is 6.70. The summed E-state index contributed by atoms with van der Waals surface area (Å²) in [5.74, 6) is 0.315. The Morgan fingerprint density at radius 3 is 2.70 bits per heavy atom. The number of nitrogens with zero attached hydrogens (tertiary/aromatic N) is 3. The molecule has 0 aliphatic heterocycles. The van der Waals surface area contributed by atoms with Crippen LogP contribution in [-0.4, -0.2) is 25.6 Å². The first-order valence-electron chi connectivity index (χ1n) is 7.41. The first-order chi connectivity index (χ1) is 10.8. The summed E-state index contributed by atoms with van der Waals surface area (Å²) in [6, 6.07) is 5.14. The normalized spacial score (nSPS) is 12.0. The minimum Gasteiger partial charge on any atom is -0.475 e. The summed E-state index contributed by atoms with van der Waals surface area (Å²) < 4.78 is 7.37. The third-order valence-electron chi connectivity index (χ3n) is 3.58. The van der Waals surface area contributed by atoms with Gasteiger partial charge in [-0.1, -0.05) is 20.8 Å². The van der Waals surface area contributed by atoms with E-state index in [0.29, 0.717) is 12.3 Å². The molecule has 0 amide bonds. The Morgan fingerprint density at radius 1 is 1.35 bits per heavy atom. The zero-order valence-electron chi connectivity index (χ0n) is 13.6. The lowest BCUT2D eigenvalue weighted by molar-refractivity contribution is 0.0660. The molecule has 6 nitrogen and oxygen atoms in total. The third-order valence-corrected chi connectivity index (χ3v) is 3.58. The summed E-state index contributed by atoms with van der Waals surface area (Å²) in [6.45, 7) is 8.63. The zero-order valence-corrected chi connectivity index (χ0v) is 13.6. The van der Waals surface area contributed by atoms with E-state index in [4.69, 9.17) is 14.5 Å². The molecule has 3 rings (SSSR count). The van der Waals surface area contributed by atoms with E-state index in [-0.39, 0.29) is 11.2 Å². The van der Waals surface area contributed by atoms with Gasteiger partial charge in [0, 0.05) is 11.6 Å². The molecule has 0 atom stereocenters. The molecule has 0 fully saturated rings. The molecule has 0 aliphatic rings. The minimum atomic E-state index is -1.07. The molecule has 0 unspecified atom stereocenters. The van der Waals surface area contributed by atoms with Gasteiger partial charge in [0.25, 0.3) is 0 Å². The fraction of sp³-hybridized carbons (Fsp3) is 0.353. The predicted octanol–water partition coefficient (Wildman–Crippen LogP) is 3.38. The molecule has 0 saturated heterocycles. The molecule has 23 heavy (non-hydrogen) atoms. The van der Waals surface area contributed by atoms with Gasteiger partial charge < -0.3 is 14.1 Å². The van der Waals surface area contributed by atoms with Crippen molar-refractivity contribution in [1.82, 2.24) is 14.5 Å². The highest BCUT2D eigenvalue weighted by Gasteiger charge is 2.24. The number of furan rings is 1. The second-order valence-electron chi connectivity index (χ2n) is 6.70. The fourth-order valence-corrected chi connectivity index (χ4v) is 2.57. The maximum absolute atomic E-state index is 11.0. The number of carboxylic acid groups (broad SMARTS) is 1. The number of imidazole rings is 1. The largest absolute Gasteiger partial charge is 0.475 e. The van der Waals surface area contributed by atoms with E-state index in [1.54, 1.807) is 12.3 Å². The summed E-state index contributed by atoms with van der Waals surface area (Å²) in [4.78, 5) is 20.2. The number of aromatic carboxylic acids is 1. The number of hydrogen-bond acceptors (Lipinski definition) is 4. The van der Waals surface area contributed by atoms with Crippen LogP contribution >= 0.6 is 0 Å². The zero-order chi connectivity index (χ0) is 16.8. The van der Waals surface area contributed by atoms with Crippen LogP contribution in [0.2, 0.25) is 0 Å². The van der Waals surface area contributed by atoms with E-state index in [9.17, 15) is 4.79 Å². The van der Waals surface area contributed by atoms with E-state index < -0.39 is 5.97 Å². The molecular weight excluding hydrogens is 294 g/mol. The molecular formula is C17H19N3O3. The molecule has 0 aliphatic carbocycles. The van der Waals surface area contributed by atoms with Crippen molar-refractivity contribution >= 4 is 17.1 Å². The molecule has 0 saturated carbocycles. The van der Waals surface area contributed by atoms with Crippen LogP contribution < -0.4 is 0 Å². The van der Waals surface area contributed by atoms with Gasteiger partial charge in [-0.3, -0.25) is 0 Å². The van der Waals surface area contributed by atoms with Crippen LogP contribution in [-0.2, 0) is 12.0 Å². The van der Waals surface area contributed by atoms with E-state index in [2.05, 4.69) is 25.8 Å². The summed E-state index contributed by atoms with van der Waals surface area (Å²) in [5, 5.41) is 8.99. The van der Waals surface area contributed by atoms with Crippen LogP contribution in [0.5, 0.6) is 0 Å². The van der Waals surface area contributed by atoms with E-state index in [0.717, 1.165) is 22.6 Å². The Bertz CT molecular complexity index is 884. The van der Waals surface area contributed by atoms with E-state index >= 15 is 0 Å². The van der Waals surface area contributed by atoms with Crippen LogP contribution in [0.4, 0.5) is 0 Å². The maximum atomic E-state index is 11.0. The Morgan fingerprint density at radius 2 is 2.09 bits per heavy atom. The third kappa shape index (κ3) is 2.84. The molecule has 0 bridgehead atoms. The van der Waals surface area contributed by atoms with Crippen molar-refractivity contribution in [3.05, 3.63) is 47.3 Å². The number of pyridine rings is 1. The Balaban J connectivity index is 2.12. The Kier molecular flexibility index (Phi) is 3.47. The molecule has 6 heteroatoms. The standard InChI is InChI=1S/C17H19N3O3/c1-10-7-12-14(18-8-10)20(16(19-12)17(2,3)4)9-11-5-6-13(23-11)15(21)22/h5-8H,9H2,1-4H3,(H,21,22). The second kappa shape index (κ2) is 5.22. The van der Waals surface area contributed by atoms with Gasteiger partial charge in [-0.25, -0.2) is 14.8 Å². The quantitative estimate of drug-likeness (QED) is 0.801. The van der Waals surface area contributed by atoms with Gasteiger partial charge in [-0.2, -0.15) is 0 Å². The van der Waals surface area contributed by atoms with E-state index in [1.807, 2.05) is 17.6 Å². The molecule has 120 valence electrons. The van der Waals surface area contributed by atoms with Crippen LogP contribution in [0.15, 0.2) is 28.8 Å². The van der Waals surface area contributed by atoms with Crippen molar-refractivity contribution in [3.63, 3.8) is 0 Å². The predicted molar refractivity (Wildman–Crippen MR) is 85.7 cm³/mol. The molecule has 0 radical (unpaired) electrons. The highest BCUT2D eigenvalue weighted by atomic mass is 16.4. The Hall–Kier alpha value is -2.63. The van der Waals surface area contributed by atoms with Gasteiger partial charge in [0.1, 0.15) is 17.1 Å². The smallest absolute Gasteiger partial charge is 0.371 e. The van der Waals surface area contributed by atoms with Crippen molar-refractivity contribution in [2.45, 2.75) is 39.7 Å². The molecule has 1 N–H and O–H groups in total. The van der Waals surface area contributed by atoms with Crippen LogP contribution in [0.25, 0.3) is 11.2 Å². The van der Waals surface area contributed by atoms with Gasteiger partial charge >= 0.3 is 5.97 Å². The number of carbonyl (C=O) groups is 1. The van der Waals surface area contributed by atoms with Crippen LogP contribution in [0, 0.1) is 6.92 Å². The number of carboxylic acids is 1. The van der Waals surface area contributed by atoms with Crippen molar-refractivity contribution in [2.75, 3.05) is 0 Å². The first-order valence-corrected chi connectivity index (χ1v) is 7.41. The summed E-state index contributed by atoms with van der Waals surface area (Å²) >= 11 is 0. The number of hydrogen-bond donors (Lipinski definition) is 1. The van der Waals surface area contributed by atoms with Crippen LogP contribution in [0.3, 0.4) is 0 Å². The first kappa shape index (κ1) is 15.3. The fourth-order valence-electron chi connectivity index (χ4n) is 2.57. The van der Waals surface area contributed by atoms with E-state index in [1.165, 1.54) is 6.07 Å². The average Bonchev–Trinajstić information content (AvgIpc) is 3.03. The summed E-state index contributed by atoms with van der Waals surface area (Å²) in [6.07, 6.45) is 1.80. The molecule has 0 aromatic carbocycles. The highest BCUT2D eigenvalue weighted by Crippen LogP contribution is 2.27. The lowest BCUT2D eigenvalue weighted by Crippen LogP contribution is -2.19. The SMILES string of the molecule is Cc1cnc2c(c1)nc(C(C)(C)C)n2Cc1ccc(C(=O)O)o1. The van der Waals surface area contributed by atoms with Crippen molar-refractivity contribution in [1.29, 1.82) is 0 Å².